The molecule has 0 aliphatic carbocycles. The normalized spacial score (nSPS) is 24.7. The van der Waals surface area contributed by atoms with E-state index in [9.17, 15) is 14.9 Å². The molecule has 0 bridgehead atoms. The Kier molecular flexibility index (Phi) is 4.18. The van der Waals surface area contributed by atoms with Gasteiger partial charge in [-0.3, -0.25) is 19.4 Å². The van der Waals surface area contributed by atoms with Gasteiger partial charge in [0.05, 0.1) is 23.9 Å². The molecule has 1 aromatic rings. The monoisotopic (exact) mass is 311 g/mol. The van der Waals surface area contributed by atoms with E-state index in [2.05, 4.69) is 11.0 Å². The molecule has 5 heteroatoms. The number of nitrogens with zero attached hydrogens (tertiary/aromatic N) is 3. The summed E-state index contributed by atoms with van der Waals surface area (Å²) in [6, 6.07) is 12.0. The fourth-order valence-corrected chi connectivity index (χ4v) is 3.72. The van der Waals surface area contributed by atoms with Crippen molar-refractivity contribution in [1.29, 1.82) is 5.26 Å². The molecular formula is C18H21N3O2. The lowest BCUT2D eigenvalue weighted by Gasteiger charge is -2.39. The molecule has 2 saturated heterocycles. The highest BCUT2D eigenvalue weighted by Gasteiger charge is 2.45. The Labute approximate surface area is 136 Å². The van der Waals surface area contributed by atoms with E-state index in [1.807, 2.05) is 37.3 Å². The predicted octanol–water partition coefficient (Wildman–Crippen LogP) is 1.69. The fraction of sp³-hybridized carbons (Fsp3) is 0.500. The van der Waals surface area contributed by atoms with E-state index in [4.69, 9.17) is 0 Å². The van der Waals surface area contributed by atoms with Crippen LogP contribution >= 0.6 is 0 Å². The van der Waals surface area contributed by atoms with Crippen LogP contribution in [0.15, 0.2) is 30.3 Å². The maximum atomic E-state index is 12.3. The molecule has 1 aromatic carbocycles. The number of amides is 2. The van der Waals surface area contributed by atoms with Gasteiger partial charge in [-0.25, -0.2) is 0 Å². The molecule has 23 heavy (non-hydrogen) atoms. The van der Waals surface area contributed by atoms with Crippen molar-refractivity contribution in [1.82, 2.24) is 9.80 Å². The third-order valence-electron chi connectivity index (χ3n) is 5.17. The van der Waals surface area contributed by atoms with Crippen molar-refractivity contribution in [2.75, 3.05) is 19.6 Å². The first kappa shape index (κ1) is 15.7. The molecule has 2 heterocycles. The number of piperidine rings is 1. The maximum absolute atomic E-state index is 12.3. The van der Waals surface area contributed by atoms with Gasteiger partial charge in [-0.05, 0) is 25.3 Å². The number of imide groups is 1. The largest absolute Gasteiger partial charge is 0.291 e. The molecule has 0 radical (unpaired) electrons. The topological polar surface area (TPSA) is 64.4 Å². The third-order valence-corrected chi connectivity index (χ3v) is 5.17. The van der Waals surface area contributed by atoms with Crippen LogP contribution in [-0.2, 0) is 15.0 Å². The molecule has 0 saturated carbocycles. The van der Waals surface area contributed by atoms with Gasteiger partial charge in [0.2, 0.25) is 11.8 Å². The van der Waals surface area contributed by atoms with Crippen molar-refractivity contribution in [2.45, 2.75) is 37.6 Å². The minimum Gasteiger partial charge on any atom is -0.291 e. The van der Waals surface area contributed by atoms with Gasteiger partial charge in [0.15, 0.2) is 0 Å². The van der Waals surface area contributed by atoms with Gasteiger partial charge < -0.3 is 0 Å². The van der Waals surface area contributed by atoms with Crippen LogP contribution in [0.5, 0.6) is 0 Å². The Morgan fingerprint density at radius 2 is 1.87 bits per heavy atom. The standard InChI is InChI=1S/C18H21N3O2/c1-2-21-16(22)12-15(17(21)23)20-10-8-18(13-19,9-11-20)14-6-4-3-5-7-14/h3-7,15H,2,8-12H2,1H3/t15-/m0/s1. The van der Waals surface area contributed by atoms with Crippen molar-refractivity contribution in [3.05, 3.63) is 35.9 Å². The number of hydrogen-bond acceptors (Lipinski definition) is 4. The van der Waals surface area contributed by atoms with E-state index in [1.54, 1.807) is 0 Å². The Morgan fingerprint density at radius 3 is 2.39 bits per heavy atom. The van der Waals surface area contributed by atoms with Crippen LogP contribution in [0.1, 0.15) is 31.7 Å². The minimum atomic E-state index is -0.478. The first-order valence-corrected chi connectivity index (χ1v) is 8.16. The van der Waals surface area contributed by atoms with E-state index < -0.39 is 5.41 Å². The Morgan fingerprint density at radius 1 is 1.22 bits per heavy atom. The van der Waals surface area contributed by atoms with Gasteiger partial charge >= 0.3 is 0 Å². The lowest BCUT2D eigenvalue weighted by atomic mass is 9.74. The van der Waals surface area contributed by atoms with Crippen molar-refractivity contribution in [3.8, 4) is 6.07 Å². The summed E-state index contributed by atoms with van der Waals surface area (Å²) in [4.78, 5) is 27.7. The summed E-state index contributed by atoms with van der Waals surface area (Å²) < 4.78 is 0. The summed E-state index contributed by atoms with van der Waals surface area (Å²) in [7, 11) is 0. The highest BCUT2D eigenvalue weighted by Crippen LogP contribution is 2.36. The number of rotatable bonds is 3. The maximum Gasteiger partial charge on any atom is 0.247 e. The number of benzene rings is 1. The van der Waals surface area contributed by atoms with Gasteiger partial charge in [0.25, 0.3) is 0 Å². The average molecular weight is 311 g/mol. The molecule has 5 nitrogen and oxygen atoms in total. The van der Waals surface area contributed by atoms with Crippen LogP contribution in [0.3, 0.4) is 0 Å². The predicted molar refractivity (Wildman–Crippen MR) is 85.3 cm³/mol. The van der Waals surface area contributed by atoms with E-state index in [0.717, 1.165) is 5.56 Å². The Balaban J connectivity index is 1.73. The summed E-state index contributed by atoms with van der Waals surface area (Å²) in [5.41, 5.74) is 0.569. The molecule has 1 atom stereocenters. The molecular weight excluding hydrogens is 290 g/mol. The second-order valence-electron chi connectivity index (χ2n) is 6.29. The molecule has 0 aromatic heterocycles. The van der Waals surface area contributed by atoms with Crippen LogP contribution < -0.4 is 0 Å². The molecule has 2 aliphatic rings. The van der Waals surface area contributed by atoms with Gasteiger partial charge in [0, 0.05) is 19.6 Å². The molecule has 2 fully saturated rings. The minimum absolute atomic E-state index is 0.0809. The van der Waals surface area contributed by atoms with Crippen molar-refractivity contribution < 1.29 is 9.59 Å². The van der Waals surface area contributed by atoms with Crippen LogP contribution in [0.25, 0.3) is 0 Å². The molecule has 2 aliphatic heterocycles. The van der Waals surface area contributed by atoms with E-state index in [0.29, 0.717) is 32.5 Å². The number of likely N-dealkylation sites (N-methyl/N-ethyl adjacent to an activating group) is 1. The second-order valence-corrected chi connectivity index (χ2v) is 6.29. The molecule has 120 valence electrons. The van der Waals surface area contributed by atoms with Crippen LogP contribution in [0, 0.1) is 11.3 Å². The molecule has 2 amide bonds. The van der Waals surface area contributed by atoms with E-state index >= 15 is 0 Å². The summed E-state index contributed by atoms with van der Waals surface area (Å²) in [5.74, 6) is -0.163. The van der Waals surface area contributed by atoms with Crippen LogP contribution in [-0.4, -0.2) is 47.3 Å². The third kappa shape index (κ3) is 2.64. The molecule has 3 rings (SSSR count). The zero-order chi connectivity index (χ0) is 16.4. The summed E-state index contributed by atoms with van der Waals surface area (Å²) in [6.45, 7) is 3.60. The van der Waals surface area contributed by atoms with Crippen LogP contribution in [0.4, 0.5) is 0 Å². The highest BCUT2D eigenvalue weighted by molar-refractivity contribution is 6.05. The van der Waals surface area contributed by atoms with Gasteiger partial charge in [-0.15, -0.1) is 0 Å². The second kappa shape index (κ2) is 6.13. The van der Waals surface area contributed by atoms with Gasteiger partial charge in [0.1, 0.15) is 0 Å². The Hall–Kier alpha value is -2.19. The molecule has 0 N–H and O–H groups in total. The van der Waals surface area contributed by atoms with Crippen molar-refractivity contribution in [2.24, 2.45) is 0 Å². The molecule has 0 spiro atoms. The number of nitriles is 1. The van der Waals surface area contributed by atoms with Crippen molar-refractivity contribution >= 4 is 11.8 Å². The summed E-state index contributed by atoms with van der Waals surface area (Å²) >= 11 is 0. The zero-order valence-electron chi connectivity index (χ0n) is 13.4. The van der Waals surface area contributed by atoms with E-state index in [-0.39, 0.29) is 24.3 Å². The number of carbonyl (C=O) groups is 2. The van der Waals surface area contributed by atoms with E-state index in [1.165, 1.54) is 4.90 Å². The summed E-state index contributed by atoms with van der Waals surface area (Å²) in [5, 5.41) is 9.72. The average Bonchev–Trinajstić information content (AvgIpc) is 2.89. The number of likely N-dealkylation sites (tertiary alicyclic amines) is 2. The first-order valence-electron chi connectivity index (χ1n) is 8.16. The number of hydrogen-bond donors (Lipinski definition) is 0. The lowest BCUT2D eigenvalue weighted by Crippen LogP contribution is -2.49. The first-order chi connectivity index (χ1) is 11.1. The van der Waals surface area contributed by atoms with Gasteiger partial charge in [-0.2, -0.15) is 5.26 Å². The quantitative estimate of drug-likeness (QED) is 0.797. The van der Waals surface area contributed by atoms with Crippen LogP contribution in [0.2, 0.25) is 0 Å². The lowest BCUT2D eigenvalue weighted by molar-refractivity contribution is -0.139. The number of carbonyl (C=O) groups excluding carboxylic acids is 2. The van der Waals surface area contributed by atoms with Crippen molar-refractivity contribution in [3.63, 3.8) is 0 Å². The Bertz CT molecular complexity index is 642. The fourth-order valence-electron chi connectivity index (χ4n) is 3.72. The highest BCUT2D eigenvalue weighted by atomic mass is 16.2. The molecule has 0 unspecified atom stereocenters. The smallest absolute Gasteiger partial charge is 0.247 e. The summed E-state index contributed by atoms with van der Waals surface area (Å²) in [6.07, 6.45) is 1.66. The van der Waals surface area contributed by atoms with Gasteiger partial charge in [-0.1, -0.05) is 30.3 Å². The zero-order valence-corrected chi connectivity index (χ0v) is 13.4. The SMILES string of the molecule is CCN1C(=O)C[C@H](N2CCC(C#N)(c3ccccc3)CC2)C1=O.